The average Bonchev–Trinajstić information content (AvgIpc) is 2.74. The van der Waals surface area contributed by atoms with Gasteiger partial charge in [-0.25, -0.2) is 0 Å². The fourth-order valence-corrected chi connectivity index (χ4v) is 2.02. The van der Waals surface area contributed by atoms with Crippen LogP contribution in [0.4, 0.5) is 5.69 Å². The topological polar surface area (TPSA) is 43.1 Å². The average molecular weight is 217 g/mol. The minimum absolute atomic E-state index is 0.0386. The largest absolute Gasteiger partial charge is 0.398 e. The standard InChI is InChI=1S/C12H11NOS/c1-8-4-5-9(7-10(8)13)12(14)11-3-2-6-15-11/h2-7H,13H2,1H3. The summed E-state index contributed by atoms with van der Waals surface area (Å²) in [4.78, 5) is 12.7. The Kier molecular flexibility index (Phi) is 2.56. The van der Waals surface area contributed by atoms with Crippen molar-refractivity contribution < 1.29 is 4.79 Å². The van der Waals surface area contributed by atoms with Gasteiger partial charge in [0.25, 0.3) is 0 Å². The van der Waals surface area contributed by atoms with Crippen LogP contribution >= 0.6 is 11.3 Å². The van der Waals surface area contributed by atoms with Gasteiger partial charge in [-0.3, -0.25) is 4.79 Å². The zero-order chi connectivity index (χ0) is 10.8. The third kappa shape index (κ3) is 1.92. The molecule has 15 heavy (non-hydrogen) atoms. The molecule has 76 valence electrons. The highest BCUT2D eigenvalue weighted by Gasteiger charge is 2.10. The molecule has 0 fully saturated rings. The Hall–Kier alpha value is -1.61. The minimum atomic E-state index is 0.0386. The van der Waals surface area contributed by atoms with Gasteiger partial charge in [0.2, 0.25) is 5.78 Å². The summed E-state index contributed by atoms with van der Waals surface area (Å²) in [6.45, 7) is 1.93. The van der Waals surface area contributed by atoms with Crippen LogP contribution in [0.5, 0.6) is 0 Å². The number of aryl methyl sites for hydroxylation is 1. The Morgan fingerprint density at radius 3 is 2.73 bits per heavy atom. The molecule has 0 spiro atoms. The van der Waals surface area contributed by atoms with Crippen molar-refractivity contribution in [3.05, 3.63) is 51.7 Å². The van der Waals surface area contributed by atoms with Crippen LogP contribution in [0, 0.1) is 6.92 Å². The van der Waals surface area contributed by atoms with Gasteiger partial charge in [-0.1, -0.05) is 18.2 Å². The summed E-state index contributed by atoms with van der Waals surface area (Å²) in [6, 6.07) is 9.11. The van der Waals surface area contributed by atoms with E-state index in [4.69, 9.17) is 5.73 Å². The molecule has 0 saturated heterocycles. The smallest absolute Gasteiger partial charge is 0.203 e. The number of hydrogen-bond donors (Lipinski definition) is 1. The first kappa shape index (κ1) is 9.93. The van der Waals surface area contributed by atoms with E-state index in [9.17, 15) is 4.79 Å². The molecule has 2 aromatic rings. The van der Waals surface area contributed by atoms with Crippen molar-refractivity contribution >= 4 is 22.8 Å². The Morgan fingerprint density at radius 2 is 2.13 bits per heavy atom. The predicted molar refractivity (Wildman–Crippen MR) is 63.3 cm³/mol. The van der Waals surface area contributed by atoms with E-state index in [0.29, 0.717) is 11.3 Å². The molecule has 2 N–H and O–H groups in total. The summed E-state index contributed by atoms with van der Waals surface area (Å²) in [5.41, 5.74) is 8.08. The molecule has 0 aliphatic heterocycles. The van der Waals surface area contributed by atoms with Gasteiger partial charge in [-0.05, 0) is 30.0 Å². The number of ketones is 1. The molecule has 0 bridgehead atoms. The molecule has 1 aromatic heterocycles. The maximum Gasteiger partial charge on any atom is 0.203 e. The van der Waals surface area contributed by atoms with Crippen LogP contribution in [0.3, 0.4) is 0 Å². The van der Waals surface area contributed by atoms with Gasteiger partial charge in [0.1, 0.15) is 0 Å². The first-order valence-electron chi connectivity index (χ1n) is 4.63. The molecule has 2 rings (SSSR count). The van der Waals surface area contributed by atoms with Crippen molar-refractivity contribution in [2.24, 2.45) is 0 Å². The number of nitrogens with two attached hydrogens (primary N) is 1. The molecule has 0 aliphatic rings. The first-order valence-corrected chi connectivity index (χ1v) is 5.51. The van der Waals surface area contributed by atoms with Crippen molar-refractivity contribution in [1.82, 2.24) is 0 Å². The van der Waals surface area contributed by atoms with Gasteiger partial charge in [0.15, 0.2) is 0 Å². The van der Waals surface area contributed by atoms with E-state index in [1.165, 1.54) is 11.3 Å². The molecule has 1 aromatic carbocycles. The Morgan fingerprint density at radius 1 is 1.33 bits per heavy atom. The van der Waals surface area contributed by atoms with Gasteiger partial charge in [0.05, 0.1) is 4.88 Å². The third-order valence-electron chi connectivity index (χ3n) is 2.29. The molecule has 0 radical (unpaired) electrons. The van der Waals surface area contributed by atoms with E-state index >= 15 is 0 Å². The highest BCUT2D eigenvalue weighted by atomic mass is 32.1. The van der Waals surface area contributed by atoms with Crippen LogP contribution in [0.15, 0.2) is 35.7 Å². The van der Waals surface area contributed by atoms with Crippen LogP contribution in [0.2, 0.25) is 0 Å². The second-order valence-corrected chi connectivity index (χ2v) is 4.33. The molecule has 0 aliphatic carbocycles. The van der Waals surface area contributed by atoms with Crippen molar-refractivity contribution in [2.75, 3.05) is 5.73 Å². The number of thiophene rings is 1. The van der Waals surface area contributed by atoms with Crippen molar-refractivity contribution in [3.8, 4) is 0 Å². The number of carbonyl (C=O) groups excluding carboxylic acids is 1. The van der Waals surface area contributed by atoms with Gasteiger partial charge in [0, 0.05) is 11.3 Å². The van der Waals surface area contributed by atoms with E-state index in [2.05, 4.69) is 0 Å². The lowest BCUT2D eigenvalue weighted by atomic mass is 10.1. The van der Waals surface area contributed by atoms with Gasteiger partial charge < -0.3 is 5.73 Å². The van der Waals surface area contributed by atoms with Gasteiger partial charge in [-0.2, -0.15) is 0 Å². The molecule has 0 atom stereocenters. The van der Waals surface area contributed by atoms with E-state index in [-0.39, 0.29) is 5.78 Å². The van der Waals surface area contributed by atoms with E-state index in [1.807, 2.05) is 36.6 Å². The maximum atomic E-state index is 11.9. The van der Waals surface area contributed by atoms with E-state index in [0.717, 1.165) is 10.4 Å². The number of rotatable bonds is 2. The molecule has 0 saturated carbocycles. The van der Waals surface area contributed by atoms with Crippen LogP contribution < -0.4 is 5.73 Å². The number of nitrogen functional groups attached to an aromatic ring is 1. The number of benzene rings is 1. The summed E-state index contributed by atoms with van der Waals surface area (Å²) in [6.07, 6.45) is 0. The molecular formula is C12H11NOS. The third-order valence-corrected chi connectivity index (χ3v) is 3.16. The van der Waals surface area contributed by atoms with Crippen molar-refractivity contribution in [2.45, 2.75) is 6.92 Å². The highest BCUT2D eigenvalue weighted by Crippen LogP contribution is 2.18. The number of anilines is 1. The fourth-order valence-electron chi connectivity index (χ4n) is 1.33. The Labute approximate surface area is 92.4 Å². The van der Waals surface area contributed by atoms with E-state index < -0.39 is 0 Å². The summed E-state index contributed by atoms with van der Waals surface area (Å²) in [5.74, 6) is 0.0386. The van der Waals surface area contributed by atoms with Crippen molar-refractivity contribution in [1.29, 1.82) is 0 Å². The van der Waals surface area contributed by atoms with Crippen LogP contribution in [-0.4, -0.2) is 5.78 Å². The summed E-state index contributed by atoms with van der Waals surface area (Å²) in [7, 11) is 0. The second kappa shape index (κ2) is 3.87. The summed E-state index contributed by atoms with van der Waals surface area (Å²) < 4.78 is 0. The molecule has 0 unspecified atom stereocenters. The van der Waals surface area contributed by atoms with Gasteiger partial charge in [-0.15, -0.1) is 11.3 Å². The quantitative estimate of drug-likeness (QED) is 0.621. The Bertz CT molecular complexity index is 488. The molecule has 0 amide bonds. The number of carbonyl (C=O) groups is 1. The van der Waals surface area contributed by atoms with Crippen molar-refractivity contribution in [3.63, 3.8) is 0 Å². The SMILES string of the molecule is Cc1ccc(C(=O)c2cccs2)cc1N. The predicted octanol–water partition coefficient (Wildman–Crippen LogP) is 2.87. The Balaban J connectivity index is 2.39. The number of hydrogen-bond acceptors (Lipinski definition) is 3. The summed E-state index contributed by atoms with van der Waals surface area (Å²) >= 11 is 1.45. The highest BCUT2D eigenvalue weighted by molar-refractivity contribution is 7.12. The maximum absolute atomic E-state index is 11.9. The molecular weight excluding hydrogens is 206 g/mol. The molecule has 3 heteroatoms. The molecule has 1 heterocycles. The molecule has 2 nitrogen and oxygen atoms in total. The first-order chi connectivity index (χ1) is 7.18. The lowest BCUT2D eigenvalue weighted by Gasteiger charge is -2.02. The zero-order valence-electron chi connectivity index (χ0n) is 8.36. The lowest BCUT2D eigenvalue weighted by Crippen LogP contribution is -2.00. The van der Waals surface area contributed by atoms with Crippen LogP contribution in [0.25, 0.3) is 0 Å². The van der Waals surface area contributed by atoms with Crippen LogP contribution in [0.1, 0.15) is 20.8 Å². The minimum Gasteiger partial charge on any atom is -0.398 e. The van der Waals surface area contributed by atoms with Crippen LogP contribution in [-0.2, 0) is 0 Å². The zero-order valence-corrected chi connectivity index (χ0v) is 9.17. The van der Waals surface area contributed by atoms with Gasteiger partial charge >= 0.3 is 0 Å². The normalized spacial score (nSPS) is 10.2. The monoisotopic (exact) mass is 217 g/mol. The lowest BCUT2D eigenvalue weighted by molar-refractivity contribution is 0.104. The van der Waals surface area contributed by atoms with E-state index in [1.54, 1.807) is 6.07 Å². The summed E-state index contributed by atoms with van der Waals surface area (Å²) in [5, 5.41) is 1.89. The fraction of sp³-hybridized carbons (Fsp3) is 0.0833. The second-order valence-electron chi connectivity index (χ2n) is 3.38.